The quantitative estimate of drug-likeness (QED) is 0.726. The summed E-state index contributed by atoms with van der Waals surface area (Å²) in [5, 5.41) is 0.636. The molecule has 4 nitrogen and oxygen atoms in total. The molecule has 4 heteroatoms. The van der Waals surface area contributed by atoms with E-state index in [1.807, 2.05) is 30.3 Å². The SMILES string of the molecule is CCc1ccc(OCCn2cnc3ccccc3c2=O)cc1. The van der Waals surface area contributed by atoms with Crippen molar-refractivity contribution in [2.75, 3.05) is 6.61 Å². The van der Waals surface area contributed by atoms with Gasteiger partial charge in [-0.25, -0.2) is 4.98 Å². The molecule has 0 saturated heterocycles. The van der Waals surface area contributed by atoms with Crippen LogP contribution in [-0.4, -0.2) is 16.2 Å². The lowest BCUT2D eigenvalue weighted by Gasteiger charge is -2.09. The van der Waals surface area contributed by atoms with Crippen molar-refractivity contribution in [2.45, 2.75) is 19.9 Å². The van der Waals surface area contributed by atoms with Gasteiger partial charge < -0.3 is 4.74 Å². The summed E-state index contributed by atoms with van der Waals surface area (Å²) >= 11 is 0. The van der Waals surface area contributed by atoms with Crippen LogP contribution in [0.25, 0.3) is 10.9 Å². The molecule has 3 aromatic rings. The van der Waals surface area contributed by atoms with Crippen molar-refractivity contribution in [3.05, 3.63) is 70.8 Å². The molecule has 1 heterocycles. The molecule has 1 aromatic heterocycles. The van der Waals surface area contributed by atoms with E-state index in [0.717, 1.165) is 17.7 Å². The third-order valence-corrected chi connectivity index (χ3v) is 3.66. The zero-order chi connectivity index (χ0) is 15.4. The molecule has 0 radical (unpaired) electrons. The number of benzene rings is 2. The van der Waals surface area contributed by atoms with Gasteiger partial charge in [-0.1, -0.05) is 31.2 Å². The highest BCUT2D eigenvalue weighted by Crippen LogP contribution is 2.12. The number of aryl methyl sites for hydroxylation is 1. The van der Waals surface area contributed by atoms with Gasteiger partial charge in [0.05, 0.1) is 23.8 Å². The smallest absolute Gasteiger partial charge is 0.261 e. The molecule has 0 saturated carbocycles. The first-order valence-electron chi connectivity index (χ1n) is 7.44. The number of nitrogens with zero attached hydrogens (tertiary/aromatic N) is 2. The van der Waals surface area contributed by atoms with Crippen LogP contribution in [0.15, 0.2) is 59.7 Å². The normalized spacial score (nSPS) is 10.8. The van der Waals surface area contributed by atoms with E-state index in [-0.39, 0.29) is 5.56 Å². The summed E-state index contributed by atoms with van der Waals surface area (Å²) in [6.07, 6.45) is 2.59. The van der Waals surface area contributed by atoms with Gasteiger partial charge in [-0.2, -0.15) is 0 Å². The molecule has 0 bridgehead atoms. The standard InChI is InChI=1S/C18H18N2O2/c1-2-14-7-9-15(10-8-14)22-12-11-20-13-19-17-6-4-3-5-16(17)18(20)21/h3-10,13H,2,11-12H2,1H3. The molecular weight excluding hydrogens is 276 g/mol. The zero-order valence-electron chi connectivity index (χ0n) is 12.5. The minimum Gasteiger partial charge on any atom is -0.492 e. The summed E-state index contributed by atoms with van der Waals surface area (Å²) in [7, 11) is 0. The number of hydrogen-bond donors (Lipinski definition) is 0. The van der Waals surface area contributed by atoms with E-state index >= 15 is 0 Å². The van der Waals surface area contributed by atoms with Gasteiger partial charge in [0, 0.05) is 0 Å². The molecule has 0 spiro atoms. The molecule has 0 aliphatic heterocycles. The van der Waals surface area contributed by atoms with Gasteiger partial charge in [-0.15, -0.1) is 0 Å². The van der Waals surface area contributed by atoms with E-state index in [4.69, 9.17) is 4.74 Å². The third-order valence-electron chi connectivity index (χ3n) is 3.66. The van der Waals surface area contributed by atoms with Gasteiger partial charge in [0.1, 0.15) is 12.4 Å². The van der Waals surface area contributed by atoms with Gasteiger partial charge in [0.2, 0.25) is 0 Å². The van der Waals surface area contributed by atoms with E-state index in [2.05, 4.69) is 24.0 Å². The van der Waals surface area contributed by atoms with Crippen LogP contribution in [0.3, 0.4) is 0 Å². The highest BCUT2D eigenvalue weighted by molar-refractivity contribution is 5.76. The second-order valence-corrected chi connectivity index (χ2v) is 5.11. The maximum Gasteiger partial charge on any atom is 0.261 e. The van der Waals surface area contributed by atoms with Crippen LogP contribution < -0.4 is 10.3 Å². The van der Waals surface area contributed by atoms with Crippen LogP contribution in [-0.2, 0) is 13.0 Å². The van der Waals surface area contributed by atoms with Crippen molar-refractivity contribution in [3.8, 4) is 5.75 Å². The molecule has 0 amide bonds. The molecule has 22 heavy (non-hydrogen) atoms. The average molecular weight is 294 g/mol. The molecule has 0 aliphatic carbocycles. The largest absolute Gasteiger partial charge is 0.492 e. The second kappa shape index (κ2) is 6.43. The van der Waals surface area contributed by atoms with Crippen LogP contribution in [0.1, 0.15) is 12.5 Å². The Morgan fingerprint density at radius 1 is 1.09 bits per heavy atom. The average Bonchev–Trinajstić information content (AvgIpc) is 2.58. The van der Waals surface area contributed by atoms with Crippen LogP contribution in [0.2, 0.25) is 0 Å². The van der Waals surface area contributed by atoms with E-state index < -0.39 is 0 Å². The Morgan fingerprint density at radius 2 is 1.86 bits per heavy atom. The van der Waals surface area contributed by atoms with E-state index in [0.29, 0.717) is 18.5 Å². The van der Waals surface area contributed by atoms with Gasteiger partial charge in [-0.05, 0) is 36.2 Å². The van der Waals surface area contributed by atoms with Crippen LogP contribution >= 0.6 is 0 Å². The van der Waals surface area contributed by atoms with Crippen molar-refractivity contribution in [2.24, 2.45) is 0 Å². The number of hydrogen-bond acceptors (Lipinski definition) is 3. The first-order valence-corrected chi connectivity index (χ1v) is 7.44. The van der Waals surface area contributed by atoms with Crippen molar-refractivity contribution in [3.63, 3.8) is 0 Å². The molecule has 112 valence electrons. The second-order valence-electron chi connectivity index (χ2n) is 5.11. The lowest BCUT2D eigenvalue weighted by molar-refractivity contribution is 0.296. The van der Waals surface area contributed by atoms with E-state index in [9.17, 15) is 4.79 Å². The van der Waals surface area contributed by atoms with Gasteiger partial charge >= 0.3 is 0 Å². The number of rotatable bonds is 5. The Bertz CT molecular complexity index is 822. The Balaban J connectivity index is 1.68. The molecule has 0 atom stereocenters. The van der Waals surface area contributed by atoms with Crippen molar-refractivity contribution in [1.82, 2.24) is 9.55 Å². The maximum atomic E-state index is 12.3. The van der Waals surface area contributed by atoms with Crippen LogP contribution in [0.4, 0.5) is 0 Å². The predicted octanol–water partition coefficient (Wildman–Crippen LogP) is 3.04. The van der Waals surface area contributed by atoms with Crippen molar-refractivity contribution in [1.29, 1.82) is 0 Å². The fraction of sp³-hybridized carbons (Fsp3) is 0.222. The minimum atomic E-state index is -0.0319. The van der Waals surface area contributed by atoms with E-state index in [1.54, 1.807) is 17.0 Å². The monoisotopic (exact) mass is 294 g/mol. The summed E-state index contributed by atoms with van der Waals surface area (Å²) in [6, 6.07) is 15.4. The first kappa shape index (κ1) is 14.3. The van der Waals surface area contributed by atoms with Crippen LogP contribution in [0, 0.1) is 0 Å². The highest BCUT2D eigenvalue weighted by atomic mass is 16.5. The zero-order valence-corrected chi connectivity index (χ0v) is 12.5. The molecule has 0 N–H and O–H groups in total. The molecule has 0 unspecified atom stereocenters. The summed E-state index contributed by atoms with van der Waals surface area (Å²) in [5.74, 6) is 0.819. The molecular formula is C18H18N2O2. The Hall–Kier alpha value is -2.62. The highest BCUT2D eigenvalue weighted by Gasteiger charge is 2.03. The van der Waals surface area contributed by atoms with E-state index in [1.165, 1.54) is 5.56 Å². The van der Waals surface area contributed by atoms with Gasteiger partial charge in [0.15, 0.2) is 0 Å². The predicted molar refractivity (Wildman–Crippen MR) is 87.3 cm³/mol. The van der Waals surface area contributed by atoms with Crippen molar-refractivity contribution >= 4 is 10.9 Å². The summed E-state index contributed by atoms with van der Waals surface area (Å²) in [6.45, 7) is 3.03. The van der Waals surface area contributed by atoms with Gasteiger partial charge in [0.25, 0.3) is 5.56 Å². The summed E-state index contributed by atoms with van der Waals surface area (Å²) < 4.78 is 7.28. The fourth-order valence-electron chi connectivity index (χ4n) is 2.35. The van der Waals surface area contributed by atoms with Gasteiger partial charge in [-0.3, -0.25) is 9.36 Å². The number of para-hydroxylation sites is 1. The fourth-order valence-corrected chi connectivity index (χ4v) is 2.35. The first-order chi connectivity index (χ1) is 10.8. The minimum absolute atomic E-state index is 0.0319. The lowest BCUT2D eigenvalue weighted by atomic mass is 10.2. The summed E-state index contributed by atoms with van der Waals surface area (Å²) in [5.41, 5.74) is 1.97. The molecule has 0 aliphatic rings. The molecule has 0 fully saturated rings. The Morgan fingerprint density at radius 3 is 2.64 bits per heavy atom. The third kappa shape index (κ3) is 3.01. The Kier molecular flexibility index (Phi) is 4.19. The number of ether oxygens (including phenoxy) is 1. The molecule has 3 rings (SSSR count). The maximum absolute atomic E-state index is 12.3. The summed E-state index contributed by atoms with van der Waals surface area (Å²) in [4.78, 5) is 16.6. The van der Waals surface area contributed by atoms with Crippen molar-refractivity contribution < 1.29 is 4.74 Å². The number of fused-ring (bicyclic) bond motifs is 1. The number of aromatic nitrogens is 2. The van der Waals surface area contributed by atoms with Crippen LogP contribution in [0.5, 0.6) is 5.75 Å². The Labute approximate surface area is 129 Å². The molecule has 2 aromatic carbocycles. The lowest BCUT2D eigenvalue weighted by Crippen LogP contribution is -2.23. The topological polar surface area (TPSA) is 44.1 Å².